The fraction of sp³-hybridized carbons (Fsp3) is 0. The average molecular weight is 375 g/mol. The van der Waals surface area contributed by atoms with Crippen LogP contribution in [0.5, 0.6) is 0 Å². The van der Waals surface area contributed by atoms with Crippen LogP contribution in [0.25, 0.3) is 5.65 Å². The molecule has 19 heavy (non-hydrogen) atoms. The van der Waals surface area contributed by atoms with Gasteiger partial charge in [0, 0.05) is 23.5 Å². The van der Waals surface area contributed by atoms with Gasteiger partial charge < -0.3 is 0 Å². The number of fused-ring (bicyclic) bond motifs is 1. The van der Waals surface area contributed by atoms with Crippen LogP contribution in [0.15, 0.2) is 51.3 Å². The predicted molar refractivity (Wildman–Crippen MR) is 81.3 cm³/mol. The number of aromatic nitrogens is 3. The lowest BCUT2D eigenvalue weighted by atomic mass is 10.4. The van der Waals surface area contributed by atoms with Gasteiger partial charge in [-0.1, -0.05) is 41.0 Å². The zero-order chi connectivity index (χ0) is 13.4. The summed E-state index contributed by atoms with van der Waals surface area (Å²) in [4.78, 5) is 10.4. The van der Waals surface area contributed by atoms with Crippen LogP contribution in [0.4, 0.5) is 0 Å². The van der Waals surface area contributed by atoms with E-state index < -0.39 is 0 Å². The van der Waals surface area contributed by atoms with Crippen molar-refractivity contribution >= 4 is 56.5 Å². The number of hydrogen-bond acceptors (Lipinski definition) is 3. The molecule has 0 aliphatic heterocycles. The second-order valence-corrected chi connectivity index (χ2v) is 6.24. The Labute approximate surface area is 132 Å². The highest BCUT2D eigenvalue weighted by Crippen LogP contribution is 2.38. The molecule has 96 valence electrons. The molecule has 7 heteroatoms. The molecule has 0 saturated carbocycles. The Kier molecular flexibility index (Phi) is 3.71. The van der Waals surface area contributed by atoms with E-state index in [4.69, 9.17) is 23.2 Å². The van der Waals surface area contributed by atoms with Gasteiger partial charge in [0.2, 0.25) is 0 Å². The van der Waals surface area contributed by atoms with Crippen molar-refractivity contribution in [3.8, 4) is 0 Å². The molecule has 0 spiro atoms. The van der Waals surface area contributed by atoms with Crippen LogP contribution in [0.2, 0.25) is 10.0 Å². The lowest BCUT2D eigenvalue weighted by molar-refractivity contribution is 0.998. The zero-order valence-electron chi connectivity index (χ0n) is 9.35. The Morgan fingerprint density at radius 2 is 2.00 bits per heavy atom. The van der Waals surface area contributed by atoms with Crippen LogP contribution in [0.1, 0.15) is 0 Å². The topological polar surface area (TPSA) is 30.2 Å². The lowest BCUT2D eigenvalue weighted by Gasteiger charge is -2.07. The fourth-order valence-corrected chi connectivity index (χ4v) is 3.41. The summed E-state index contributed by atoms with van der Waals surface area (Å²) >= 11 is 17.1. The molecule has 3 aromatic rings. The number of halogens is 3. The van der Waals surface area contributed by atoms with Crippen molar-refractivity contribution in [2.45, 2.75) is 9.79 Å². The average Bonchev–Trinajstić information content (AvgIpc) is 2.88. The van der Waals surface area contributed by atoms with E-state index in [0.29, 0.717) is 14.8 Å². The molecular weight excluding hydrogens is 369 g/mol. The summed E-state index contributed by atoms with van der Waals surface area (Å²) in [6, 6.07) is 5.55. The third-order valence-corrected chi connectivity index (χ3v) is 5.07. The first-order chi connectivity index (χ1) is 9.16. The minimum atomic E-state index is 0.538. The molecule has 1 aromatic carbocycles. The summed E-state index contributed by atoms with van der Waals surface area (Å²) in [7, 11) is 0. The standard InChI is InChI=1S/C12H6BrCl2N3S/c13-12-17-6-9(11-16-4-5-18(11)12)19-8-3-1-2-7(14)10(8)15/h1-6H. The molecule has 0 saturated heterocycles. The third kappa shape index (κ3) is 2.48. The van der Waals surface area contributed by atoms with E-state index in [1.54, 1.807) is 18.5 Å². The Balaban J connectivity index is 2.09. The van der Waals surface area contributed by atoms with Crippen molar-refractivity contribution in [1.29, 1.82) is 0 Å². The molecule has 0 unspecified atom stereocenters. The minimum absolute atomic E-state index is 0.538. The van der Waals surface area contributed by atoms with Gasteiger partial charge in [0.05, 0.1) is 14.9 Å². The molecule has 0 atom stereocenters. The van der Waals surface area contributed by atoms with Crippen molar-refractivity contribution in [2.24, 2.45) is 0 Å². The Morgan fingerprint density at radius 1 is 1.16 bits per heavy atom. The van der Waals surface area contributed by atoms with E-state index in [0.717, 1.165) is 15.4 Å². The van der Waals surface area contributed by atoms with Gasteiger partial charge in [0.1, 0.15) is 0 Å². The molecule has 0 aliphatic rings. The summed E-state index contributed by atoms with van der Waals surface area (Å²) < 4.78 is 2.57. The van der Waals surface area contributed by atoms with Crippen LogP contribution >= 0.6 is 50.9 Å². The van der Waals surface area contributed by atoms with Crippen molar-refractivity contribution in [1.82, 2.24) is 14.4 Å². The van der Waals surface area contributed by atoms with Crippen LogP contribution in [0.3, 0.4) is 0 Å². The highest BCUT2D eigenvalue weighted by Gasteiger charge is 2.11. The van der Waals surface area contributed by atoms with Gasteiger partial charge in [-0.15, -0.1) is 0 Å². The SMILES string of the molecule is Clc1cccc(Sc2cnc(Br)n3ccnc23)c1Cl. The largest absolute Gasteiger partial charge is 0.277 e. The van der Waals surface area contributed by atoms with Crippen LogP contribution in [-0.4, -0.2) is 14.4 Å². The van der Waals surface area contributed by atoms with E-state index in [2.05, 4.69) is 25.9 Å². The second kappa shape index (κ2) is 5.32. The number of nitrogens with zero attached hydrogens (tertiary/aromatic N) is 3. The Hall–Kier alpha value is -0.750. The first kappa shape index (κ1) is 13.2. The maximum absolute atomic E-state index is 6.19. The van der Waals surface area contributed by atoms with Crippen LogP contribution < -0.4 is 0 Å². The number of rotatable bonds is 2. The van der Waals surface area contributed by atoms with Gasteiger partial charge in [-0.3, -0.25) is 4.40 Å². The monoisotopic (exact) mass is 373 g/mol. The van der Waals surface area contributed by atoms with E-state index in [1.165, 1.54) is 11.8 Å². The highest BCUT2D eigenvalue weighted by molar-refractivity contribution is 9.10. The first-order valence-corrected chi connectivity index (χ1v) is 7.63. The van der Waals surface area contributed by atoms with Crippen molar-refractivity contribution < 1.29 is 0 Å². The molecule has 3 nitrogen and oxygen atoms in total. The Morgan fingerprint density at radius 3 is 2.84 bits per heavy atom. The fourth-order valence-electron chi connectivity index (χ4n) is 1.62. The minimum Gasteiger partial charge on any atom is -0.277 e. The molecule has 0 aliphatic carbocycles. The highest BCUT2D eigenvalue weighted by atomic mass is 79.9. The van der Waals surface area contributed by atoms with Gasteiger partial charge in [-0.2, -0.15) is 0 Å². The van der Waals surface area contributed by atoms with Gasteiger partial charge in [0.15, 0.2) is 10.4 Å². The maximum atomic E-state index is 6.19. The van der Waals surface area contributed by atoms with Gasteiger partial charge in [0.25, 0.3) is 0 Å². The number of imidazole rings is 1. The van der Waals surface area contributed by atoms with Crippen LogP contribution in [-0.2, 0) is 0 Å². The van der Waals surface area contributed by atoms with Gasteiger partial charge >= 0.3 is 0 Å². The molecule has 0 amide bonds. The third-order valence-electron chi connectivity index (χ3n) is 2.48. The Bertz CT molecular complexity index is 760. The van der Waals surface area contributed by atoms with Crippen molar-refractivity contribution in [3.05, 3.63) is 51.6 Å². The summed E-state index contributed by atoms with van der Waals surface area (Å²) in [5.74, 6) is 0. The second-order valence-electron chi connectivity index (χ2n) is 3.67. The molecular formula is C12H6BrCl2N3S. The quantitative estimate of drug-likeness (QED) is 0.594. The zero-order valence-corrected chi connectivity index (χ0v) is 13.3. The summed E-state index contributed by atoms with van der Waals surface area (Å²) in [6.45, 7) is 0. The van der Waals surface area contributed by atoms with Gasteiger partial charge in [-0.25, -0.2) is 9.97 Å². The lowest BCUT2D eigenvalue weighted by Crippen LogP contribution is -1.92. The number of benzene rings is 1. The smallest absolute Gasteiger partial charge is 0.182 e. The van der Waals surface area contributed by atoms with E-state index in [-0.39, 0.29) is 0 Å². The predicted octanol–water partition coefficient (Wildman–Crippen LogP) is 4.95. The maximum Gasteiger partial charge on any atom is 0.182 e. The first-order valence-electron chi connectivity index (χ1n) is 5.26. The summed E-state index contributed by atoms with van der Waals surface area (Å²) in [6.07, 6.45) is 5.33. The molecule has 0 radical (unpaired) electrons. The normalized spacial score (nSPS) is 11.1. The summed E-state index contributed by atoms with van der Waals surface area (Å²) in [5.41, 5.74) is 0.822. The van der Waals surface area contributed by atoms with Crippen molar-refractivity contribution in [2.75, 3.05) is 0 Å². The molecule has 2 heterocycles. The molecule has 3 rings (SSSR count). The van der Waals surface area contributed by atoms with E-state index >= 15 is 0 Å². The molecule has 2 aromatic heterocycles. The van der Waals surface area contributed by atoms with E-state index in [1.807, 2.05) is 22.7 Å². The number of hydrogen-bond donors (Lipinski definition) is 0. The molecule has 0 N–H and O–H groups in total. The molecule has 0 bridgehead atoms. The van der Waals surface area contributed by atoms with Gasteiger partial charge in [-0.05, 0) is 28.1 Å². The molecule has 0 fully saturated rings. The van der Waals surface area contributed by atoms with Crippen molar-refractivity contribution in [3.63, 3.8) is 0 Å². The van der Waals surface area contributed by atoms with Crippen LogP contribution in [0, 0.1) is 0 Å². The van der Waals surface area contributed by atoms with E-state index in [9.17, 15) is 0 Å². The summed E-state index contributed by atoms with van der Waals surface area (Å²) in [5, 5.41) is 1.08.